The molecular weight excluding hydrogens is 373 g/mol. The Kier molecular flexibility index (Phi) is 6.38. The number of carbonyl (C=O) groups excluding carboxylic acids is 1. The first-order chi connectivity index (χ1) is 13.9. The SMILES string of the molecule is CCNC(=O)NC(=NCCc1c[nH]c2ccc(F)cc12)Nc1nc(C)cc(C)n1. The van der Waals surface area contributed by atoms with Gasteiger partial charge in [-0.15, -0.1) is 0 Å². The second-order valence-corrected chi connectivity index (χ2v) is 6.57. The van der Waals surface area contributed by atoms with Gasteiger partial charge in [0, 0.05) is 41.6 Å². The molecule has 9 heteroatoms. The fraction of sp³-hybridized carbons (Fsp3) is 0.300. The van der Waals surface area contributed by atoms with Gasteiger partial charge in [-0.2, -0.15) is 0 Å². The van der Waals surface area contributed by atoms with Crippen molar-refractivity contribution in [2.24, 2.45) is 4.99 Å². The topological polar surface area (TPSA) is 107 Å². The molecule has 0 saturated carbocycles. The molecule has 29 heavy (non-hydrogen) atoms. The molecule has 0 radical (unpaired) electrons. The van der Waals surface area contributed by atoms with Gasteiger partial charge in [-0.25, -0.2) is 19.2 Å². The molecule has 2 amide bonds. The van der Waals surface area contributed by atoms with E-state index in [1.807, 2.05) is 33.0 Å². The predicted octanol–water partition coefficient (Wildman–Crippen LogP) is 3.04. The third-order valence-electron chi connectivity index (χ3n) is 4.16. The number of guanidine groups is 1. The quantitative estimate of drug-likeness (QED) is 0.392. The molecule has 2 aromatic heterocycles. The molecule has 0 bridgehead atoms. The minimum Gasteiger partial charge on any atom is -0.361 e. The van der Waals surface area contributed by atoms with Gasteiger partial charge in [-0.05, 0) is 57.0 Å². The van der Waals surface area contributed by atoms with Gasteiger partial charge in [0.25, 0.3) is 0 Å². The maximum atomic E-state index is 13.5. The Morgan fingerprint density at radius 2 is 1.97 bits per heavy atom. The van der Waals surface area contributed by atoms with E-state index < -0.39 is 0 Å². The Morgan fingerprint density at radius 1 is 1.21 bits per heavy atom. The van der Waals surface area contributed by atoms with Crippen molar-refractivity contribution in [3.05, 3.63) is 53.2 Å². The van der Waals surface area contributed by atoms with Crippen LogP contribution in [0, 0.1) is 19.7 Å². The molecule has 0 aliphatic carbocycles. The number of anilines is 1. The summed E-state index contributed by atoms with van der Waals surface area (Å²) in [7, 11) is 0. The van der Waals surface area contributed by atoms with Crippen LogP contribution in [-0.4, -0.2) is 40.0 Å². The molecule has 1 aromatic carbocycles. The number of aryl methyl sites for hydroxylation is 2. The zero-order chi connectivity index (χ0) is 20.8. The lowest BCUT2D eigenvalue weighted by Crippen LogP contribution is -2.43. The standard InChI is InChI=1S/C20H24FN7O/c1-4-22-20(29)28-18(27-19-25-12(2)9-13(3)26-19)23-8-7-14-11-24-17-6-5-15(21)10-16(14)17/h5-6,9-11,24H,4,7-8H2,1-3H3,(H3,22,23,25,26,27,28,29). The smallest absolute Gasteiger partial charge is 0.321 e. The van der Waals surface area contributed by atoms with E-state index in [9.17, 15) is 9.18 Å². The maximum Gasteiger partial charge on any atom is 0.321 e. The Hall–Kier alpha value is -3.49. The number of rotatable bonds is 5. The van der Waals surface area contributed by atoms with Gasteiger partial charge in [0.2, 0.25) is 11.9 Å². The molecule has 0 unspecified atom stereocenters. The van der Waals surface area contributed by atoms with E-state index in [1.165, 1.54) is 12.1 Å². The third kappa shape index (κ3) is 5.50. The lowest BCUT2D eigenvalue weighted by Gasteiger charge is -2.11. The van der Waals surface area contributed by atoms with E-state index in [4.69, 9.17) is 0 Å². The molecule has 0 saturated heterocycles. The van der Waals surface area contributed by atoms with Crippen LogP contribution in [0.15, 0.2) is 35.5 Å². The molecule has 8 nitrogen and oxygen atoms in total. The van der Waals surface area contributed by atoms with E-state index in [0.29, 0.717) is 25.5 Å². The van der Waals surface area contributed by atoms with Crippen molar-refractivity contribution in [1.82, 2.24) is 25.6 Å². The van der Waals surface area contributed by atoms with Gasteiger partial charge in [0.05, 0.1) is 0 Å². The van der Waals surface area contributed by atoms with Crippen LogP contribution in [0.2, 0.25) is 0 Å². The van der Waals surface area contributed by atoms with Gasteiger partial charge in [0.15, 0.2) is 0 Å². The van der Waals surface area contributed by atoms with Crippen molar-refractivity contribution in [3.8, 4) is 0 Å². The molecule has 2 heterocycles. The third-order valence-corrected chi connectivity index (χ3v) is 4.16. The van der Waals surface area contributed by atoms with E-state index in [1.54, 1.807) is 6.07 Å². The van der Waals surface area contributed by atoms with Crippen molar-refractivity contribution in [2.45, 2.75) is 27.2 Å². The molecular formula is C20H24FN7O. The van der Waals surface area contributed by atoms with E-state index >= 15 is 0 Å². The van der Waals surface area contributed by atoms with Gasteiger partial charge in [0.1, 0.15) is 5.82 Å². The first-order valence-corrected chi connectivity index (χ1v) is 9.38. The molecule has 4 N–H and O–H groups in total. The second-order valence-electron chi connectivity index (χ2n) is 6.57. The highest BCUT2D eigenvalue weighted by molar-refractivity contribution is 6.02. The summed E-state index contributed by atoms with van der Waals surface area (Å²) in [6, 6.07) is 6.11. The van der Waals surface area contributed by atoms with Crippen LogP contribution >= 0.6 is 0 Å². The maximum absolute atomic E-state index is 13.5. The molecule has 3 rings (SSSR count). The number of halogens is 1. The first kappa shape index (κ1) is 20.2. The molecule has 0 atom stereocenters. The number of fused-ring (bicyclic) bond motifs is 1. The number of hydrogen-bond acceptors (Lipinski definition) is 4. The lowest BCUT2D eigenvalue weighted by atomic mass is 10.1. The minimum absolute atomic E-state index is 0.243. The summed E-state index contributed by atoms with van der Waals surface area (Å²) < 4.78 is 13.5. The average Bonchev–Trinajstić information content (AvgIpc) is 3.03. The second kappa shape index (κ2) is 9.13. The van der Waals surface area contributed by atoms with Crippen LogP contribution in [0.1, 0.15) is 23.9 Å². The van der Waals surface area contributed by atoms with Crippen molar-refractivity contribution in [2.75, 3.05) is 18.4 Å². The first-order valence-electron chi connectivity index (χ1n) is 9.38. The zero-order valence-corrected chi connectivity index (χ0v) is 16.6. The number of hydrogen-bond donors (Lipinski definition) is 4. The van der Waals surface area contributed by atoms with Gasteiger partial charge >= 0.3 is 6.03 Å². The van der Waals surface area contributed by atoms with Crippen molar-refractivity contribution >= 4 is 28.8 Å². The molecule has 152 valence electrons. The number of nitrogens with zero attached hydrogens (tertiary/aromatic N) is 3. The number of nitrogens with one attached hydrogen (secondary N) is 4. The lowest BCUT2D eigenvalue weighted by molar-refractivity contribution is 0.246. The van der Waals surface area contributed by atoms with Gasteiger partial charge in [-0.3, -0.25) is 15.6 Å². The number of carbonyl (C=O) groups is 1. The minimum atomic E-state index is -0.378. The van der Waals surface area contributed by atoms with E-state index in [0.717, 1.165) is 27.9 Å². The van der Waals surface area contributed by atoms with E-state index in [-0.39, 0.29) is 17.8 Å². The molecule has 0 aliphatic rings. The van der Waals surface area contributed by atoms with Gasteiger partial charge in [-0.1, -0.05) is 0 Å². The van der Waals surface area contributed by atoms with Crippen molar-refractivity contribution in [1.29, 1.82) is 0 Å². The number of H-pyrrole nitrogens is 1. The predicted molar refractivity (Wildman–Crippen MR) is 112 cm³/mol. The van der Waals surface area contributed by atoms with Crippen LogP contribution in [0.3, 0.4) is 0 Å². The summed E-state index contributed by atoms with van der Waals surface area (Å²) >= 11 is 0. The highest BCUT2D eigenvalue weighted by Crippen LogP contribution is 2.19. The average molecular weight is 397 g/mol. The highest BCUT2D eigenvalue weighted by atomic mass is 19.1. The normalized spacial score (nSPS) is 11.5. The summed E-state index contributed by atoms with van der Waals surface area (Å²) in [5.41, 5.74) is 3.42. The zero-order valence-electron chi connectivity index (χ0n) is 16.6. The monoisotopic (exact) mass is 397 g/mol. The largest absolute Gasteiger partial charge is 0.361 e. The Balaban J connectivity index is 1.76. The molecule has 0 aliphatic heterocycles. The summed E-state index contributed by atoms with van der Waals surface area (Å²) in [5.74, 6) is 0.313. The number of amides is 2. The Bertz CT molecular complexity index is 1020. The van der Waals surface area contributed by atoms with E-state index in [2.05, 4.69) is 35.9 Å². The van der Waals surface area contributed by atoms with Crippen LogP contribution in [0.5, 0.6) is 0 Å². The van der Waals surface area contributed by atoms with Crippen molar-refractivity contribution < 1.29 is 9.18 Å². The van der Waals surface area contributed by atoms with Crippen LogP contribution in [-0.2, 0) is 6.42 Å². The van der Waals surface area contributed by atoms with Crippen LogP contribution in [0.4, 0.5) is 15.1 Å². The summed E-state index contributed by atoms with van der Waals surface area (Å²) in [4.78, 5) is 28.2. The van der Waals surface area contributed by atoms with Crippen molar-refractivity contribution in [3.63, 3.8) is 0 Å². The van der Waals surface area contributed by atoms with Gasteiger partial charge < -0.3 is 10.3 Å². The van der Waals surface area contributed by atoms with Crippen LogP contribution < -0.4 is 16.0 Å². The summed E-state index contributed by atoms with van der Waals surface area (Å²) in [5, 5.41) is 9.12. The Labute approximate surface area is 168 Å². The summed E-state index contributed by atoms with van der Waals surface area (Å²) in [6.45, 7) is 6.42. The fourth-order valence-corrected chi connectivity index (χ4v) is 2.96. The number of aromatic nitrogens is 3. The highest BCUT2D eigenvalue weighted by Gasteiger charge is 2.09. The number of benzene rings is 1. The number of urea groups is 1. The number of aliphatic imine (C=N–C) groups is 1. The molecule has 0 spiro atoms. The fourth-order valence-electron chi connectivity index (χ4n) is 2.96. The number of aromatic amines is 1. The van der Waals surface area contributed by atoms with Crippen LogP contribution in [0.25, 0.3) is 10.9 Å². The Morgan fingerprint density at radius 3 is 2.69 bits per heavy atom. The molecule has 0 fully saturated rings. The summed E-state index contributed by atoms with van der Waals surface area (Å²) in [6.07, 6.45) is 2.41. The molecule has 3 aromatic rings.